The van der Waals surface area contributed by atoms with Crippen molar-refractivity contribution in [1.82, 2.24) is 0 Å². The van der Waals surface area contributed by atoms with Gasteiger partial charge in [0.25, 0.3) is 0 Å². The van der Waals surface area contributed by atoms with E-state index in [1.165, 1.54) is 11.1 Å². The van der Waals surface area contributed by atoms with Gasteiger partial charge < -0.3 is 5.73 Å². The quantitative estimate of drug-likeness (QED) is 0.441. The number of aliphatic imine (C=N–C) groups is 1. The Balaban J connectivity index is 2.98. The van der Waals surface area contributed by atoms with Gasteiger partial charge in [0.05, 0.1) is 11.6 Å². The molecular formula is C10H13ClN2. The van der Waals surface area contributed by atoms with Crippen molar-refractivity contribution >= 4 is 23.1 Å². The minimum Gasteiger partial charge on any atom is -0.386 e. The molecule has 3 heteroatoms. The first kappa shape index (κ1) is 10.1. The van der Waals surface area contributed by atoms with Gasteiger partial charge in [-0.05, 0) is 37.1 Å². The normalized spacial score (nSPS) is 11.8. The van der Waals surface area contributed by atoms with Crippen LogP contribution in [0.3, 0.4) is 0 Å². The fourth-order valence-corrected chi connectivity index (χ4v) is 1.05. The van der Waals surface area contributed by atoms with Crippen molar-refractivity contribution in [2.24, 2.45) is 10.7 Å². The van der Waals surface area contributed by atoms with E-state index in [0.717, 1.165) is 5.69 Å². The molecule has 0 spiro atoms. The molecule has 0 fully saturated rings. The number of hydrogen-bond acceptors (Lipinski definition) is 1. The Hall–Kier alpha value is -1.02. The van der Waals surface area contributed by atoms with Gasteiger partial charge in [-0.3, -0.25) is 0 Å². The van der Waals surface area contributed by atoms with E-state index in [-0.39, 0.29) is 5.88 Å². The van der Waals surface area contributed by atoms with Gasteiger partial charge in [0, 0.05) is 0 Å². The molecule has 0 aliphatic rings. The van der Waals surface area contributed by atoms with E-state index >= 15 is 0 Å². The van der Waals surface area contributed by atoms with Crippen LogP contribution in [0.4, 0.5) is 5.69 Å². The van der Waals surface area contributed by atoms with Crippen LogP contribution in [0, 0.1) is 13.8 Å². The summed E-state index contributed by atoms with van der Waals surface area (Å²) in [6, 6.07) is 5.95. The van der Waals surface area contributed by atoms with Crippen LogP contribution in [0.25, 0.3) is 0 Å². The molecule has 70 valence electrons. The Kier molecular flexibility index (Phi) is 3.32. The molecule has 1 aromatic carbocycles. The lowest BCUT2D eigenvalue weighted by Gasteiger charge is -2.01. The van der Waals surface area contributed by atoms with E-state index in [2.05, 4.69) is 11.9 Å². The third-order valence-corrected chi connectivity index (χ3v) is 2.17. The van der Waals surface area contributed by atoms with Gasteiger partial charge in [-0.1, -0.05) is 6.07 Å². The van der Waals surface area contributed by atoms with Crippen molar-refractivity contribution in [3.05, 3.63) is 29.3 Å². The maximum atomic E-state index is 5.52. The van der Waals surface area contributed by atoms with Gasteiger partial charge in [0.15, 0.2) is 0 Å². The van der Waals surface area contributed by atoms with Crippen LogP contribution in [0.2, 0.25) is 0 Å². The Morgan fingerprint density at radius 3 is 2.62 bits per heavy atom. The standard InChI is InChI=1S/C10H13ClN2/c1-7-3-4-9(5-8(7)2)13-10(12)6-11/h3-5H,6H2,1-2H3,(H2,12,13). The van der Waals surface area contributed by atoms with E-state index in [1.54, 1.807) is 0 Å². The summed E-state index contributed by atoms with van der Waals surface area (Å²) in [5.41, 5.74) is 8.84. The largest absolute Gasteiger partial charge is 0.386 e. The highest BCUT2D eigenvalue weighted by molar-refractivity contribution is 6.28. The number of aryl methyl sites for hydroxylation is 2. The highest BCUT2D eigenvalue weighted by Gasteiger charge is 1.95. The predicted octanol–water partition coefficient (Wildman–Crippen LogP) is 2.53. The second-order valence-corrected chi connectivity index (χ2v) is 3.27. The van der Waals surface area contributed by atoms with Gasteiger partial charge in [0.1, 0.15) is 5.84 Å². The van der Waals surface area contributed by atoms with E-state index in [9.17, 15) is 0 Å². The molecule has 0 aliphatic heterocycles. The van der Waals surface area contributed by atoms with Crippen molar-refractivity contribution in [2.45, 2.75) is 13.8 Å². The molecule has 0 aliphatic carbocycles. The minimum absolute atomic E-state index is 0.271. The minimum atomic E-state index is 0.271. The molecule has 0 radical (unpaired) electrons. The van der Waals surface area contributed by atoms with Gasteiger partial charge in [-0.2, -0.15) is 0 Å². The van der Waals surface area contributed by atoms with Gasteiger partial charge in [-0.15, -0.1) is 11.6 Å². The maximum absolute atomic E-state index is 5.52. The average Bonchev–Trinajstić information content (AvgIpc) is 2.11. The lowest BCUT2D eigenvalue weighted by Crippen LogP contribution is -2.12. The first-order chi connectivity index (χ1) is 6.13. The second kappa shape index (κ2) is 4.28. The summed E-state index contributed by atoms with van der Waals surface area (Å²) in [5, 5.41) is 0. The lowest BCUT2D eigenvalue weighted by atomic mass is 10.1. The Bertz CT molecular complexity index is 332. The van der Waals surface area contributed by atoms with Crippen LogP contribution < -0.4 is 5.73 Å². The smallest absolute Gasteiger partial charge is 0.115 e. The monoisotopic (exact) mass is 196 g/mol. The predicted molar refractivity (Wildman–Crippen MR) is 57.9 cm³/mol. The fraction of sp³-hybridized carbons (Fsp3) is 0.300. The Labute approximate surface area is 83.4 Å². The number of halogens is 1. The van der Waals surface area contributed by atoms with Gasteiger partial charge in [-0.25, -0.2) is 4.99 Å². The second-order valence-electron chi connectivity index (χ2n) is 3.01. The number of nitrogens with two attached hydrogens (primary N) is 1. The Morgan fingerprint density at radius 1 is 1.38 bits per heavy atom. The highest BCUT2D eigenvalue weighted by atomic mass is 35.5. The van der Waals surface area contributed by atoms with Crippen molar-refractivity contribution in [1.29, 1.82) is 0 Å². The molecule has 0 amide bonds. The zero-order valence-corrected chi connectivity index (χ0v) is 8.60. The van der Waals surface area contributed by atoms with E-state index in [0.29, 0.717) is 5.84 Å². The van der Waals surface area contributed by atoms with Crippen LogP contribution in [0.5, 0.6) is 0 Å². The number of hydrogen-bond donors (Lipinski definition) is 1. The molecule has 0 saturated heterocycles. The molecule has 2 nitrogen and oxygen atoms in total. The zero-order chi connectivity index (χ0) is 9.84. The van der Waals surface area contributed by atoms with Crippen molar-refractivity contribution < 1.29 is 0 Å². The topological polar surface area (TPSA) is 38.4 Å². The van der Waals surface area contributed by atoms with Crippen molar-refractivity contribution in [3.63, 3.8) is 0 Å². The summed E-state index contributed by atoms with van der Waals surface area (Å²) in [5.74, 6) is 0.720. The summed E-state index contributed by atoms with van der Waals surface area (Å²) in [7, 11) is 0. The SMILES string of the molecule is Cc1ccc(N=C(N)CCl)cc1C. The number of amidine groups is 1. The summed E-state index contributed by atoms with van der Waals surface area (Å²) in [6.07, 6.45) is 0. The molecule has 0 heterocycles. The lowest BCUT2D eigenvalue weighted by molar-refractivity contribution is 1.32. The van der Waals surface area contributed by atoms with Crippen LogP contribution in [-0.4, -0.2) is 11.7 Å². The van der Waals surface area contributed by atoms with Crippen molar-refractivity contribution in [3.8, 4) is 0 Å². The van der Waals surface area contributed by atoms with Gasteiger partial charge >= 0.3 is 0 Å². The Morgan fingerprint density at radius 2 is 2.08 bits per heavy atom. The van der Waals surface area contributed by atoms with Crippen LogP contribution >= 0.6 is 11.6 Å². The first-order valence-electron chi connectivity index (χ1n) is 4.09. The number of rotatable bonds is 2. The van der Waals surface area contributed by atoms with E-state index in [1.807, 2.05) is 25.1 Å². The van der Waals surface area contributed by atoms with Crippen LogP contribution in [0.15, 0.2) is 23.2 Å². The number of nitrogens with zero attached hydrogens (tertiary/aromatic N) is 1. The molecule has 0 bridgehead atoms. The molecule has 0 saturated carbocycles. The van der Waals surface area contributed by atoms with E-state index in [4.69, 9.17) is 17.3 Å². The molecule has 1 aromatic rings. The molecule has 0 aromatic heterocycles. The summed E-state index contributed by atoms with van der Waals surface area (Å²) in [6.45, 7) is 4.11. The summed E-state index contributed by atoms with van der Waals surface area (Å²) < 4.78 is 0. The third kappa shape index (κ3) is 2.74. The third-order valence-electron chi connectivity index (χ3n) is 1.90. The maximum Gasteiger partial charge on any atom is 0.115 e. The fourth-order valence-electron chi connectivity index (χ4n) is 0.991. The molecule has 13 heavy (non-hydrogen) atoms. The summed E-state index contributed by atoms with van der Waals surface area (Å²) >= 11 is 5.52. The van der Waals surface area contributed by atoms with Gasteiger partial charge in [0.2, 0.25) is 0 Å². The van der Waals surface area contributed by atoms with E-state index < -0.39 is 0 Å². The summed E-state index contributed by atoms with van der Waals surface area (Å²) in [4.78, 5) is 4.14. The zero-order valence-electron chi connectivity index (χ0n) is 7.84. The molecule has 0 unspecified atom stereocenters. The van der Waals surface area contributed by atoms with Crippen molar-refractivity contribution in [2.75, 3.05) is 5.88 Å². The average molecular weight is 197 g/mol. The molecule has 2 N–H and O–H groups in total. The van der Waals surface area contributed by atoms with Crippen LogP contribution in [-0.2, 0) is 0 Å². The highest BCUT2D eigenvalue weighted by Crippen LogP contribution is 2.16. The molecular weight excluding hydrogens is 184 g/mol. The number of benzene rings is 1. The number of alkyl halides is 1. The molecule has 0 atom stereocenters. The first-order valence-corrected chi connectivity index (χ1v) is 4.63. The molecule has 1 rings (SSSR count). The van der Waals surface area contributed by atoms with Crippen LogP contribution in [0.1, 0.15) is 11.1 Å².